The summed E-state index contributed by atoms with van der Waals surface area (Å²) in [6.45, 7) is 7.91. The third-order valence-electron chi connectivity index (χ3n) is 2.18. The molecule has 0 spiro atoms. The van der Waals surface area contributed by atoms with Gasteiger partial charge in [-0.1, -0.05) is 6.92 Å². The van der Waals surface area contributed by atoms with Gasteiger partial charge in [-0.05, 0) is 20.3 Å². The van der Waals surface area contributed by atoms with E-state index in [-0.39, 0.29) is 6.04 Å². The summed E-state index contributed by atoms with van der Waals surface area (Å²) in [7, 11) is 1.66. The summed E-state index contributed by atoms with van der Waals surface area (Å²) in [6, 6.07) is 0.445. The summed E-state index contributed by atoms with van der Waals surface area (Å²) in [6.07, 6.45) is 0.908. The normalized spacial score (nSPS) is 12.0. The molecule has 7 nitrogen and oxygen atoms in total. The standard InChI is InChI=1S/C12H23N5O2/c1-5-7-19-12-16-10(13-6-2)15-11(17-12)14-9(3)8-18-4/h9H,5-8H2,1-4H3,(H2,13,14,15,16,17). The van der Waals surface area contributed by atoms with Gasteiger partial charge >= 0.3 is 6.01 Å². The summed E-state index contributed by atoms with van der Waals surface area (Å²) < 4.78 is 10.5. The van der Waals surface area contributed by atoms with Crippen LogP contribution in [0.25, 0.3) is 0 Å². The second kappa shape index (κ2) is 8.47. The van der Waals surface area contributed by atoms with E-state index in [1.54, 1.807) is 7.11 Å². The van der Waals surface area contributed by atoms with Gasteiger partial charge in [-0.25, -0.2) is 0 Å². The number of rotatable bonds is 9. The number of anilines is 2. The fraction of sp³-hybridized carbons (Fsp3) is 0.750. The summed E-state index contributed by atoms with van der Waals surface area (Å²) in [5, 5.41) is 6.21. The Labute approximate surface area is 114 Å². The molecule has 19 heavy (non-hydrogen) atoms. The largest absolute Gasteiger partial charge is 0.463 e. The van der Waals surface area contributed by atoms with Crippen LogP contribution >= 0.6 is 0 Å². The first-order valence-corrected chi connectivity index (χ1v) is 6.57. The predicted molar refractivity (Wildman–Crippen MR) is 74.7 cm³/mol. The Kier molecular flexibility index (Phi) is 6.88. The zero-order chi connectivity index (χ0) is 14.1. The topological polar surface area (TPSA) is 81.2 Å². The van der Waals surface area contributed by atoms with Gasteiger partial charge in [0.2, 0.25) is 11.9 Å². The number of nitrogens with zero attached hydrogens (tertiary/aromatic N) is 3. The van der Waals surface area contributed by atoms with E-state index in [9.17, 15) is 0 Å². The molecule has 0 aliphatic rings. The molecule has 0 saturated carbocycles. The summed E-state index contributed by atoms with van der Waals surface area (Å²) in [5.41, 5.74) is 0. The minimum Gasteiger partial charge on any atom is -0.463 e. The van der Waals surface area contributed by atoms with E-state index in [2.05, 4.69) is 25.6 Å². The Morgan fingerprint density at radius 3 is 2.53 bits per heavy atom. The molecular formula is C12H23N5O2. The van der Waals surface area contributed by atoms with Crippen molar-refractivity contribution in [1.82, 2.24) is 15.0 Å². The highest BCUT2D eigenvalue weighted by Gasteiger charge is 2.09. The smallest absolute Gasteiger partial charge is 0.323 e. The Morgan fingerprint density at radius 2 is 1.89 bits per heavy atom. The molecule has 0 aromatic carbocycles. The molecule has 1 unspecified atom stereocenters. The van der Waals surface area contributed by atoms with Crippen LogP contribution in [0.3, 0.4) is 0 Å². The van der Waals surface area contributed by atoms with Crippen molar-refractivity contribution < 1.29 is 9.47 Å². The van der Waals surface area contributed by atoms with Crippen LogP contribution in [0.15, 0.2) is 0 Å². The molecule has 0 aliphatic carbocycles. The van der Waals surface area contributed by atoms with Gasteiger partial charge in [0, 0.05) is 19.7 Å². The molecule has 0 bridgehead atoms. The van der Waals surface area contributed by atoms with Gasteiger partial charge in [0.15, 0.2) is 0 Å². The Morgan fingerprint density at radius 1 is 1.16 bits per heavy atom. The van der Waals surface area contributed by atoms with E-state index in [1.165, 1.54) is 0 Å². The molecule has 0 saturated heterocycles. The van der Waals surface area contributed by atoms with Gasteiger partial charge in [0.05, 0.1) is 13.2 Å². The highest BCUT2D eigenvalue weighted by molar-refractivity contribution is 5.36. The third kappa shape index (κ3) is 5.69. The molecule has 1 heterocycles. The predicted octanol–water partition coefficient (Wildman–Crippen LogP) is 1.54. The molecule has 1 aromatic heterocycles. The van der Waals surface area contributed by atoms with E-state index in [0.29, 0.717) is 31.1 Å². The van der Waals surface area contributed by atoms with Gasteiger partial charge in [0.25, 0.3) is 0 Å². The monoisotopic (exact) mass is 269 g/mol. The minimum atomic E-state index is 0.112. The van der Waals surface area contributed by atoms with Crippen LogP contribution in [-0.2, 0) is 4.74 Å². The molecular weight excluding hydrogens is 246 g/mol. The van der Waals surface area contributed by atoms with Crippen LogP contribution in [0, 0.1) is 0 Å². The number of hydrogen-bond donors (Lipinski definition) is 2. The maximum absolute atomic E-state index is 5.45. The van der Waals surface area contributed by atoms with Gasteiger partial charge in [-0.3, -0.25) is 0 Å². The molecule has 1 rings (SSSR count). The minimum absolute atomic E-state index is 0.112. The number of ether oxygens (including phenoxy) is 2. The first kappa shape index (κ1) is 15.4. The highest BCUT2D eigenvalue weighted by atomic mass is 16.5. The Bertz CT molecular complexity index is 375. The van der Waals surface area contributed by atoms with Crippen LogP contribution in [0.1, 0.15) is 27.2 Å². The summed E-state index contributed by atoms with van der Waals surface area (Å²) >= 11 is 0. The zero-order valence-corrected chi connectivity index (χ0v) is 12.1. The lowest BCUT2D eigenvalue weighted by Crippen LogP contribution is -2.23. The van der Waals surface area contributed by atoms with Crippen LogP contribution in [0.5, 0.6) is 6.01 Å². The highest BCUT2D eigenvalue weighted by Crippen LogP contribution is 2.12. The van der Waals surface area contributed by atoms with Gasteiger partial charge in [-0.15, -0.1) is 0 Å². The van der Waals surface area contributed by atoms with Crippen molar-refractivity contribution in [2.24, 2.45) is 0 Å². The SMILES string of the molecule is CCCOc1nc(NCC)nc(NC(C)COC)n1. The Hall–Kier alpha value is -1.63. The maximum Gasteiger partial charge on any atom is 0.323 e. The van der Waals surface area contributed by atoms with Crippen molar-refractivity contribution in [1.29, 1.82) is 0 Å². The van der Waals surface area contributed by atoms with Crippen LogP contribution in [0.4, 0.5) is 11.9 Å². The van der Waals surface area contributed by atoms with Crippen molar-refractivity contribution >= 4 is 11.9 Å². The van der Waals surface area contributed by atoms with Crippen LogP contribution in [-0.4, -0.2) is 47.9 Å². The third-order valence-corrected chi connectivity index (χ3v) is 2.18. The first-order valence-electron chi connectivity index (χ1n) is 6.57. The number of hydrogen-bond acceptors (Lipinski definition) is 7. The maximum atomic E-state index is 5.45. The molecule has 1 aromatic rings. The van der Waals surface area contributed by atoms with Gasteiger partial charge in [0.1, 0.15) is 0 Å². The Balaban J connectivity index is 2.79. The molecule has 0 amide bonds. The second-order valence-electron chi connectivity index (χ2n) is 4.14. The van der Waals surface area contributed by atoms with Crippen molar-refractivity contribution in [3.63, 3.8) is 0 Å². The van der Waals surface area contributed by atoms with E-state index in [1.807, 2.05) is 20.8 Å². The fourth-order valence-electron chi connectivity index (χ4n) is 1.43. The van der Waals surface area contributed by atoms with Crippen molar-refractivity contribution in [3.8, 4) is 6.01 Å². The first-order chi connectivity index (χ1) is 9.19. The van der Waals surface area contributed by atoms with E-state index >= 15 is 0 Å². The summed E-state index contributed by atoms with van der Waals surface area (Å²) in [4.78, 5) is 12.7. The molecule has 7 heteroatoms. The molecule has 1 atom stereocenters. The van der Waals surface area contributed by atoms with Crippen molar-refractivity contribution in [2.75, 3.05) is 37.5 Å². The van der Waals surface area contributed by atoms with Gasteiger partial charge in [-0.2, -0.15) is 15.0 Å². The number of nitrogens with one attached hydrogen (secondary N) is 2. The fourth-order valence-corrected chi connectivity index (χ4v) is 1.43. The lowest BCUT2D eigenvalue weighted by atomic mass is 10.4. The quantitative estimate of drug-likeness (QED) is 0.703. The van der Waals surface area contributed by atoms with Crippen LogP contribution < -0.4 is 15.4 Å². The van der Waals surface area contributed by atoms with E-state index in [4.69, 9.17) is 9.47 Å². The molecule has 0 fully saturated rings. The van der Waals surface area contributed by atoms with Gasteiger partial charge < -0.3 is 20.1 Å². The molecule has 0 aliphatic heterocycles. The molecule has 2 N–H and O–H groups in total. The molecule has 0 radical (unpaired) electrons. The van der Waals surface area contributed by atoms with E-state index in [0.717, 1.165) is 13.0 Å². The lowest BCUT2D eigenvalue weighted by Gasteiger charge is -2.14. The zero-order valence-electron chi connectivity index (χ0n) is 12.1. The molecule has 108 valence electrons. The average Bonchev–Trinajstić information content (AvgIpc) is 2.36. The van der Waals surface area contributed by atoms with Crippen molar-refractivity contribution in [3.05, 3.63) is 0 Å². The average molecular weight is 269 g/mol. The van der Waals surface area contributed by atoms with E-state index < -0.39 is 0 Å². The second-order valence-corrected chi connectivity index (χ2v) is 4.14. The number of methoxy groups -OCH3 is 1. The van der Waals surface area contributed by atoms with Crippen LogP contribution in [0.2, 0.25) is 0 Å². The lowest BCUT2D eigenvalue weighted by molar-refractivity contribution is 0.190. The van der Waals surface area contributed by atoms with Crippen molar-refractivity contribution in [2.45, 2.75) is 33.2 Å². The number of aromatic nitrogens is 3. The summed E-state index contributed by atoms with van der Waals surface area (Å²) in [5.74, 6) is 0.998.